The molecule has 0 aliphatic carbocycles. The molecule has 0 saturated carbocycles. The number of benzene rings is 2. The lowest BCUT2D eigenvalue weighted by molar-refractivity contribution is 0.186. The van der Waals surface area contributed by atoms with Crippen LogP contribution in [0.25, 0.3) is 17.5 Å². The summed E-state index contributed by atoms with van der Waals surface area (Å²) in [5, 5.41) is 15.0. The van der Waals surface area contributed by atoms with Crippen molar-refractivity contribution in [2.75, 3.05) is 18.0 Å². The van der Waals surface area contributed by atoms with Crippen LogP contribution in [-0.2, 0) is 6.42 Å². The standard InChI is InChI=1S/C29H38ClFN8O/c1-17(32)5-3-6-19-13-23(26(31)24(30)14-19)25-15-21-16-39(29(40)38-27(21)37-25)22-9-7-20(8-10-22)18(2)35-11-4-12-36-28(33)34/h7-10,13-18,29,35,40H,3-6,11-12,32H2,1-2H3,(H,37,38)(H4,33,34,36)/t17-,18-,29?/m1/s1. The third-order valence-corrected chi connectivity index (χ3v) is 7.15. The topological polar surface area (TPSA) is 154 Å². The maximum Gasteiger partial charge on any atom is 0.231 e. The number of aryl methyl sites for hydroxylation is 1. The Labute approximate surface area is 238 Å². The number of nitrogens with one attached hydrogen (secondary N) is 2. The van der Waals surface area contributed by atoms with Crippen LogP contribution in [0.15, 0.2) is 52.4 Å². The summed E-state index contributed by atoms with van der Waals surface area (Å²) in [7, 11) is 0. The first kappa shape index (κ1) is 29.5. The van der Waals surface area contributed by atoms with Crippen molar-refractivity contribution in [2.24, 2.45) is 27.2 Å². The molecule has 0 fully saturated rings. The molecule has 0 amide bonds. The Morgan fingerprint density at radius 1 is 1.20 bits per heavy atom. The van der Waals surface area contributed by atoms with Gasteiger partial charge in [0.05, 0.1) is 10.7 Å². The number of fused-ring (bicyclic) bond motifs is 1. The molecule has 1 unspecified atom stereocenters. The van der Waals surface area contributed by atoms with E-state index >= 15 is 4.39 Å². The van der Waals surface area contributed by atoms with Gasteiger partial charge in [0.25, 0.3) is 0 Å². The predicted octanol–water partition coefficient (Wildman–Crippen LogP) is 2.61. The van der Waals surface area contributed by atoms with E-state index in [2.05, 4.69) is 27.2 Å². The highest BCUT2D eigenvalue weighted by atomic mass is 35.5. The van der Waals surface area contributed by atoms with Crippen molar-refractivity contribution in [1.82, 2.24) is 10.3 Å². The van der Waals surface area contributed by atoms with E-state index in [4.69, 9.17) is 28.8 Å². The van der Waals surface area contributed by atoms with E-state index < -0.39 is 12.2 Å². The molecule has 1 aromatic heterocycles. The number of aliphatic imine (C=N–C) groups is 1. The largest absolute Gasteiger partial charge is 0.370 e. The highest BCUT2D eigenvalue weighted by Crippen LogP contribution is 2.29. The molecule has 9 nitrogen and oxygen atoms in total. The quantitative estimate of drug-likeness (QED) is 0.112. The smallest absolute Gasteiger partial charge is 0.231 e. The number of rotatable bonds is 12. The van der Waals surface area contributed by atoms with Crippen LogP contribution in [0.4, 0.5) is 10.1 Å². The molecule has 0 radical (unpaired) electrons. The fourth-order valence-electron chi connectivity index (χ4n) is 4.68. The Hall–Kier alpha value is -3.44. The summed E-state index contributed by atoms with van der Waals surface area (Å²) in [6.45, 7) is 5.41. The van der Waals surface area contributed by atoms with Gasteiger partial charge in [-0.2, -0.15) is 0 Å². The molecular weight excluding hydrogens is 531 g/mol. The average Bonchev–Trinajstić information content (AvgIpc) is 3.32. The highest BCUT2D eigenvalue weighted by Gasteiger charge is 2.20. The number of aliphatic hydroxyl groups excluding tert-OH is 1. The molecule has 0 bridgehead atoms. The second kappa shape index (κ2) is 13.3. The van der Waals surface area contributed by atoms with Gasteiger partial charge in [-0.1, -0.05) is 23.7 Å². The van der Waals surface area contributed by atoms with Gasteiger partial charge in [-0.3, -0.25) is 4.99 Å². The van der Waals surface area contributed by atoms with Crippen LogP contribution in [0, 0.1) is 5.82 Å². The van der Waals surface area contributed by atoms with Gasteiger partial charge in [-0.15, -0.1) is 0 Å². The zero-order valence-electron chi connectivity index (χ0n) is 22.9. The predicted molar refractivity (Wildman–Crippen MR) is 160 cm³/mol. The number of H-pyrrole nitrogens is 1. The molecule has 0 spiro atoms. The molecule has 0 saturated heterocycles. The van der Waals surface area contributed by atoms with Gasteiger partial charge in [0, 0.05) is 41.3 Å². The van der Waals surface area contributed by atoms with Crippen molar-refractivity contribution in [2.45, 2.75) is 58.0 Å². The van der Waals surface area contributed by atoms with E-state index in [1.165, 1.54) is 0 Å². The fourth-order valence-corrected chi connectivity index (χ4v) is 4.93. The third kappa shape index (κ3) is 7.39. The second-order valence-corrected chi connectivity index (χ2v) is 10.6. The first-order valence-corrected chi connectivity index (χ1v) is 13.9. The van der Waals surface area contributed by atoms with Gasteiger partial charge in [0.1, 0.15) is 5.49 Å². The monoisotopic (exact) mass is 568 g/mol. The number of aromatic nitrogens is 1. The molecule has 214 valence electrons. The van der Waals surface area contributed by atoms with Crippen LogP contribution >= 0.6 is 11.6 Å². The summed E-state index contributed by atoms with van der Waals surface area (Å²) >= 11 is 6.24. The maximum absolute atomic E-state index is 15.1. The number of halogens is 2. The van der Waals surface area contributed by atoms with Gasteiger partial charge in [-0.25, -0.2) is 9.38 Å². The van der Waals surface area contributed by atoms with E-state index in [9.17, 15) is 5.11 Å². The molecule has 4 rings (SSSR count). The third-order valence-electron chi connectivity index (χ3n) is 6.87. The molecular formula is C29H38ClFN8O. The Bertz CT molecular complexity index is 1450. The SMILES string of the molecule is C[C@@H](N)CCCc1cc(Cl)c(F)c(-c2cc3c([nH]2)=NC(O)N(c2ccc([C@@H](C)NCCCN=C(N)N)cc2)C=3)c1. The number of aliphatic hydroxyl groups is 1. The van der Waals surface area contributed by atoms with Crippen LogP contribution < -0.4 is 38.1 Å². The summed E-state index contributed by atoms with van der Waals surface area (Å²) in [6.07, 6.45) is 4.01. The molecule has 40 heavy (non-hydrogen) atoms. The van der Waals surface area contributed by atoms with Crippen molar-refractivity contribution in [3.8, 4) is 11.3 Å². The number of nitrogens with zero attached hydrogens (tertiary/aromatic N) is 3. The average molecular weight is 569 g/mol. The molecule has 1 aliphatic rings. The van der Waals surface area contributed by atoms with Crippen molar-refractivity contribution in [3.63, 3.8) is 0 Å². The van der Waals surface area contributed by atoms with Crippen molar-refractivity contribution in [3.05, 3.63) is 75.1 Å². The van der Waals surface area contributed by atoms with E-state index in [-0.39, 0.29) is 23.1 Å². The van der Waals surface area contributed by atoms with Gasteiger partial charge < -0.3 is 37.5 Å². The number of nitrogens with two attached hydrogens (primary N) is 3. The zero-order chi connectivity index (χ0) is 28.8. The molecule has 3 atom stereocenters. The van der Waals surface area contributed by atoms with Crippen molar-refractivity contribution < 1.29 is 9.50 Å². The van der Waals surface area contributed by atoms with Crippen molar-refractivity contribution >= 4 is 29.4 Å². The number of hydrogen-bond donors (Lipinski definition) is 6. The molecule has 11 heteroatoms. The first-order chi connectivity index (χ1) is 19.1. The van der Waals surface area contributed by atoms with Crippen LogP contribution in [0.1, 0.15) is 50.3 Å². The normalized spacial score (nSPS) is 16.1. The summed E-state index contributed by atoms with van der Waals surface area (Å²) < 4.78 is 15.1. The minimum Gasteiger partial charge on any atom is -0.370 e. The van der Waals surface area contributed by atoms with Crippen LogP contribution in [-0.4, -0.2) is 41.5 Å². The van der Waals surface area contributed by atoms with E-state index in [0.29, 0.717) is 23.3 Å². The Kier molecular flexibility index (Phi) is 9.80. The summed E-state index contributed by atoms with van der Waals surface area (Å²) in [6, 6.07) is 13.4. The summed E-state index contributed by atoms with van der Waals surface area (Å²) in [5.41, 5.74) is 20.8. The van der Waals surface area contributed by atoms with Gasteiger partial charge in [0.15, 0.2) is 11.8 Å². The summed E-state index contributed by atoms with van der Waals surface area (Å²) in [4.78, 5) is 13.2. The Morgan fingerprint density at radius 3 is 2.65 bits per heavy atom. The lowest BCUT2D eigenvalue weighted by Crippen LogP contribution is -2.41. The number of hydrogen-bond acceptors (Lipinski definition) is 6. The first-order valence-electron chi connectivity index (χ1n) is 13.5. The van der Waals surface area contributed by atoms with Gasteiger partial charge >= 0.3 is 0 Å². The second-order valence-electron chi connectivity index (χ2n) is 10.2. The molecule has 9 N–H and O–H groups in total. The molecule has 1 aliphatic heterocycles. The lowest BCUT2D eigenvalue weighted by atomic mass is 10.0. The van der Waals surface area contributed by atoms with E-state index in [1.807, 2.05) is 43.3 Å². The minimum atomic E-state index is -1.13. The fraction of sp³-hybridized carbons (Fsp3) is 0.379. The Morgan fingerprint density at radius 2 is 1.95 bits per heavy atom. The van der Waals surface area contributed by atoms with Crippen LogP contribution in [0.3, 0.4) is 0 Å². The van der Waals surface area contributed by atoms with Crippen LogP contribution in [0.2, 0.25) is 5.02 Å². The lowest BCUT2D eigenvalue weighted by Gasteiger charge is -2.25. The van der Waals surface area contributed by atoms with Crippen LogP contribution in [0.5, 0.6) is 0 Å². The zero-order valence-corrected chi connectivity index (χ0v) is 23.6. The Balaban J connectivity index is 1.50. The number of anilines is 1. The summed E-state index contributed by atoms with van der Waals surface area (Å²) in [5.74, 6) is -0.396. The molecule has 2 aromatic carbocycles. The minimum absolute atomic E-state index is 0.0704. The molecule has 2 heterocycles. The number of guanidine groups is 1. The van der Waals surface area contributed by atoms with Crippen molar-refractivity contribution in [1.29, 1.82) is 0 Å². The maximum atomic E-state index is 15.1. The highest BCUT2D eigenvalue weighted by molar-refractivity contribution is 6.31. The van der Waals surface area contributed by atoms with E-state index in [0.717, 1.165) is 54.3 Å². The number of aromatic amines is 1. The van der Waals surface area contributed by atoms with Gasteiger partial charge in [-0.05, 0) is 87.5 Å². The van der Waals surface area contributed by atoms with E-state index in [1.54, 1.807) is 17.2 Å². The van der Waals surface area contributed by atoms with Gasteiger partial charge in [0.2, 0.25) is 6.35 Å². The molecule has 3 aromatic rings.